The zero-order valence-corrected chi connectivity index (χ0v) is 20.3. The van der Waals surface area contributed by atoms with Crippen molar-refractivity contribution in [1.29, 1.82) is 0 Å². The van der Waals surface area contributed by atoms with Crippen molar-refractivity contribution in [2.75, 3.05) is 30.2 Å². The quantitative estimate of drug-likeness (QED) is 0.359. The Hall–Kier alpha value is -3.47. The molecule has 0 saturated carbocycles. The number of nitro groups is 1. The third-order valence-corrected chi connectivity index (χ3v) is 6.35. The van der Waals surface area contributed by atoms with Crippen LogP contribution in [0.25, 0.3) is 0 Å². The second kappa shape index (κ2) is 12.1. The predicted molar refractivity (Wildman–Crippen MR) is 130 cm³/mol. The summed E-state index contributed by atoms with van der Waals surface area (Å²) in [6.07, 6.45) is 2.11. The molecule has 0 fully saturated rings. The van der Waals surface area contributed by atoms with Crippen molar-refractivity contribution in [3.05, 3.63) is 70.3 Å². The molecule has 2 aromatic carbocycles. The van der Waals surface area contributed by atoms with E-state index in [0.29, 0.717) is 13.0 Å². The highest BCUT2D eigenvalue weighted by Crippen LogP contribution is 2.23. The SMILES string of the molecule is CCCNC(=O)[C@H](C)N(CCc1ccccc1)C(=O)CN(c1cccc([N+](=O)[O-])c1)S(C)(=O)=O. The average Bonchev–Trinajstić information content (AvgIpc) is 2.80. The van der Waals surface area contributed by atoms with Gasteiger partial charge in [0.2, 0.25) is 21.8 Å². The lowest BCUT2D eigenvalue weighted by Gasteiger charge is -2.31. The van der Waals surface area contributed by atoms with Crippen molar-refractivity contribution in [1.82, 2.24) is 10.2 Å². The summed E-state index contributed by atoms with van der Waals surface area (Å²) in [5.41, 5.74) is 0.656. The van der Waals surface area contributed by atoms with E-state index in [1.807, 2.05) is 37.3 Å². The molecule has 10 nitrogen and oxygen atoms in total. The van der Waals surface area contributed by atoms with Gasteiger partial charge < -0.3 is 10.2 Å². The number of nitro benzene ring substituents is 1. The van der Waals surface area contributed by atoms with Crippen LogP contribution in [0.4, 0.5) is 11.4 Å². The summed E-state index contributed by atoms with van der Waals surface area (Å²) in [6, 6.07) is 13.6. The minimum atomic E-state index is -3.95. The molecule has 34 heavy (non-hydrogen) atoms. The minimum Gasteiger partial charge on any atom is -0.354 e. The third-order valence-electron chi connectivity index (χ3n) is 5.21. The molecule has 0 saturated heterocycles. The van der Waals surface area contributed by atoms with Crippen LogP contribution < -0.4 is 9.62 Å². The van der Waals surface area contributed by atoms with Gasteiger partial charge >= 0.3 is 0 Å². The molecule has 11 heteroatoms. The van der Waals surface area contributed by atoms with Crippen molar-refractivity contribution in [3.63, 3.8) is 0 Å². The molecule has 184 valence electrons. The first-order valence-corrected chi connectivity index (χ1v) is 12.7. The number of carbonyl (C=O) groups is 2. The van der Waals surface area contributed by atoms with E-state index in [1.54, 1.807) is 6.92 Å². The fourth-order valence-corrected chi connectivity index (χ4v) is 4.18. The van der Waals surface area contributed by atoms with Gasteiger partial charge in [0.25, 0.3) is 5.69 Å². The van der Waals surface area contributed by atoms with Crippen LogP contribution in [0.2, 0.25) is 0 Å². The minimum absolute atomic E-state index is 0.00357. The fourth-order valence-electron chi connectivity index (χ4n) is 3.34. The van der Waals surface area contributed by atoms with Gasteiger partial charge in [0.1, 0.15) is 12.6 Å². The molecule has 0 aliphatic heterocycles. The Bertz CT molecular complexity index is 1110. The number of benzene rings is 2. The standard InChI is InChI=1S/C23H30N4O6S/c1-4-14-24-23(29)18(2)25(15-13-19-9-6-5-7-10-19)22(28)17-26(34(3,32)33)20-11-8-12-21(16-20)27(30)31/h5-12,16,18H,4,13-15,17H2,1-3H3,(H,24,29)/t18-/m0/s1. The number of nitrogens with zero attached hydrogens (tertiary/aromatic N) is 3. The Kier molecular flexibility index (Phi) is 9.55. The third kappa shape index (κ3) is 7.55. The van der Waals surface area contributed by atoms with E-state index in [0.717, 1.165) is 28.6 Å². The van der Waals surface area contributed by atoms with Gasteiger partial charge in [-0.2, -0.15) is 0 Å². The molecule has 0 radical (unpaired) electrons. The largest absolute Gasteiger partial charge is 0.354 e. The van der Waals surface area contributed by atoms with Gasteiger partial charge in [-0.25, -0.2) is 8.42 Å². The monoisotopic (exact) mass is 490 g/mol. The lowest BCUT2D eigenvalue weighted by molar-refractivity contribution is -0.384. The molecule has 0 aliphatic rings. The van der Waals surface area contributed by atoms with Crippen molar-refractivity contribution >= 4 is 33.2 Å². The Morgan fingerprint density at radius 1 is 1.12 bits per heavy atom. The number of anilines is 1. The summed E-state index contributed by atoms with van der Waals surface area (Å²) in [7, 11) is -3.95. The Morgan fingerprint density at radius 2 is 1.79 bits per heavy atom. The van der Waals surface area contributed by atoms with Gasteiger partial charge in [0.15, 0.2) is 0 Å². The number of non-ortho nitro benzene ring substituents is 1. The Morgan fingerprint density at radius 3 is 2.38 bits per heavy atom. The van der Waals surface area contributed by atoms with Gasteiger partial charge in [0, 0.05) is 25.2 Å². The molecule has 2 aromatic rings. The molecule has 0 bridgehead atoms. The topological polar surface area (TPSA) is 130 Å². The molecule has 2 rings (SSSR count). The average molecular weight is 491 g/mol. The normalized spacial score (nSPS) is 12.0. The molecular formula is C23H30N4O6S. The van der Waals surface area contributed by atoms with Crippen molar-refractivity contribution in [2.45, 2.75) is 32.7 Å². The number of sulfonamides is 1. The molecule has 1 atom stereocenters. The van der Waals surface area contributed by atoms with E-state index in [-0.39, 0.29) is 23.8 Å². The van der Waals surface area contributed by atoms with Crippen molar-refractivity contribution < 1.29 is 22.9 Å². The number of amides is 2. The van der Waals surface area contributed by atoms with E-state index in [4.69, 9.17) is 0 Å². The van der Waals surface area contributed by atoms with Gasteiger partial charge in [-0.15, -0.1) is 0 Å². The Balaban J connectivity index is 2.33. The zero-order valence-electron chi connectivity index (χ0n) is 19.5. The molecule has 0 heterocycles. The maximum absolute atomic E-state index is 13.3. The van der Waals surface area contributed by atoms with E-state index >= 15 is 0 Å². The van der Waals surface area contributed by atoms with Crippen LogP contribution in [0.5, 0.6) is 0 Å². The second-order valence-corrected chi connectivity index (χ2v) is 9.74. The summed E-state index contributed by atoms with van der Waals surface area (Å²) >= 11 is 0. The summed E-state index contributed by atoms with van der Waals surface area (Å²) in [6.45, 7) is 3.54. The van der Waals surface area contributed by atoms with Gasteiger partial charge in [-0.05, 0) is 31.4 Å². The van der Waals surface area contributed by atoms with Crippen molar-refractivity contribution in [2.24, 2.45) is 0 Å². The predicted octanol–water partition coefficient (Wildman–Crippen LogP) is 2.35. The van der Waals surface area contributed by atoms with Crippen LogP contribution in [0.1, 0.15) is 25.8 Å². The van der Waals surface area contributed by atoms with Crippen LogP contribution in [0.3, 0.4) is 0 Å². The molecule has 2 amide bonds. The van der Waals surface area contributed by atoms with Crippen LogP contribution >= 0.6 is 0 Å². The molecule has 1 N–H and O–H groups in total. The number of rotatable bonds is 12. The number of hydrogen-bond acceptors (Lipinski definition) is 6. The molecule has 0 unspecified atom stereocenters. The molecular weight excluding hydrogens is 460 g/mol. The van der Waals surface area contributed by atoms with Crippen LogP contribution in [-0.4, -0.2) is 62.0 Å². The highest BCUT2D eigenvalue weighted by molar-refractivity contribution is 7.92. The van der Waals surface area contributed by atoms with Gasteiger partial charge in [-0.1, -0.05) is 43.3 Å². The lowest BCUT2D eigenvalue weighted by Crippen LogP contribution is -2.52. The molecule has 0 aromatic heterocycles. The molecule has 0 aliphatic carbocycles. The fraction of sp³-hybridized carbons (Fsp3) is 0.391. The highest BCUT2D eigenvalue weighted by Gasteiger charge is 2.30. The number of hydrogen-bond donors (Lipinski definition) is 1. The highest BCUT2D eigenvalue weighted by atomic mass is 32.2. The first kappa shape index (κ1) is 26.8. The summed E-state index contributed by atoms with van der Waals surface area (Å²) in [4.78, 5) is 37.8. The Labute approximate surface area is 199 Å². The van der Waals surface area contributed by atoms with E-state index in [1.165, 1.54) is 23.1 Å². The van der Waals surface area contributed by atoms with Crippen molar-refractivity contribution in [3.8, 4) is 0 Å². The molecule has 0 spiro atoms. The maximum Gasteiger partial charge on any atom is 0.271 e. The van der Waals surface area contributed by atoms with E-state index in [2.05, 4.69) is 5.32 Å². The number of carbonyl (C=O) groups excluding carboxylic acids is 2. The van der Waals surface area contributed by atoms with E-state index < -0.39 is 33.4 Å². The van der Waals surface area contributed by atoms with Gasteiger partial charge in [0.05, 0.1) is 16.9 Å². The lowest BCUT2D eigenvalue weighted by atomic mass is 10.1. The summed E-state index contributed by atoms with van der Waals surface area (Å²) in [5, 5.41) is 13.9. The van der Waals surface area contributed by atoms with Gasteiger partial charge in [-0.3, -0.25) is 24.0 Å². The first-order chi connectivity index (χ1) is 16.0. The van der Waals surface area contributed by atoms with E-state index in [9.17, 15) is 28.1 Å². The zero-order chi connectivity index (χ0) is 25.3. The first-order valence-electron chi connectivity index (χ1n) is 10.9. The smallest absolute Gasteiger partial charge is 0.271 e. The maximum atomic E-state index is 13.3. The van der Waals surface area contributed by atoms with Crippen LogP contribution in [0.15, 0.2) is 54.6 Å². The summed E-state index contributed by atoms with van der Waals surface area (Å²) < 4.78 is 25.8. The van der Waals surface area contributed by atoms with Crippen LogP contribution in [0, 0.1) is 10.1 Å². The summed E-state index contributed by atoms with van der Waals surface area (Å²) in [5.74, 6) is -0.934. The second-order valence-electron chi connectivity index (χ2n) is 7.84. The number of nitrogens with one attached hydrogen (secondary N) is 1. The van der Waals surface area contributed by atoms with Crippen LogP contribution in [-0.2, 0) is 26.0 Å².